The van der Waals surface area contributed by atoms with Crippen molar-refractivity contribution in [2.24, 2.45) is 5.73 Å². The molecule has 0 radical (unpaired) electrons. The van der Waals surface area contributed by atoms with Gasteiger partial charge in [0.15, 0.2) is 5.13 Å². The summed E-state index contributed by atoms with van der Waals surface area (Å²) in [6, 6.07) is -0.182. The topological polar surface area (TPSA) is 85.1 Å². The summed E-state index contributed by atoms with van der Waals surface area (Å²) in [7, 11) is -3.31. The highest BCUT2D eigenvalue weighted by atomic mass is 32.2. The molecule has 86 valence electrons. The predicted octanol–water partition coefficient (Wildman–Crippen LogP) is 1.31. The molecule has 0 fully saturated rings. The number of aromatic nitrogens is 1. The number of hydrogen-bond acceptors (Lipinski definition) is 5. The fourth-order valence-electron chi connectivity index (χ4n) is 0.782. The van der Waals surface area contributed by atoms with Crippen LogP contribution in [0.2, 0.25) is 0 Å². The number of rotatable bonds is 4. The van der Waals surface area contributed by atoms with Gasteiger partial charge < -0.3 is 5.73 Å². The van der Waals surface area contributed by atoms with Crippen LogP contribution in [0.25, 0.3) is 0 Å². The normalized spacial score (nSPS) is 14.2. The van der Waals surface area contributed by atoms with E-state index in [0.717, 1.165) is 0 Å². The average molecular weight is 249 g/mol. The molecule has 0 aliphatic carbocycles. The number of nitrogens with zero attached hydrogens (tertiary/aromatic N) is 1. The maximum absolute atomic E-state index is 11.5. The fraction of sp³-hybridized carbons (Fsp3) is 0.625. The summed E-state index contributed by atoms with van der Waals surface area (Å²) in [4.78, 5) is 4.08. The first kappa shape index (κ1) is 12.4. The molecule has 1 aromatic rings. The van der Waals surface area contributed by atoms with Crippen LogP contribution in [0.1, 0.15) is 32.5 Å². The van der Waals surface area contributed by atoms with Gasteiger partial charge in [0.1, 0.15) is 0 Å². The summed E-state index contributed by atoms with van der Waals surface area (Å²) in [5.74, 6) is 0. The molecule has 0 amide bonds. The largest absolute Gasteiger partial charge is 0.323 e. The molecule has 3 N–H and O–H groups in total. The first-order valence-electron chi connectivity index (χ1n) is 4.55. The van der Waals surface area contributed by atoms with Crippen LogP contribution in [0, 0.1) is 0 Å². The zero-order valence-electron chi connectivity index (χ0n) is 8.89. The first-order valence-corrected chi connectivity index (χ1v) is 6.98. The molecule has 1 atom stereocenters. The van der Waals surface area contributed by atoms with Crippen LogP contribution in [-0.4, -0.2) is 18.7 Å². The molecule has 0 aliphatic rings. The third-order valence-electron chi connectivity index (χ3n) is 1.84. The Balaban J connectivity index is 2.82. The number of anilines is 1. The van der Waals surface area contributed by atoms with Crippen molar-refractivity contribution in [3.8, 4) is 0 Å². The third-order valence-corrected chi connectivity index (χ3v) is 4.46. The Morgan fingerprint density at radius 3 is 2.47 bits per heavy atom. The highest BCUT2D eigenvalue weighted by Crippen LogP contribution is 2.20. The number of thiazole rings is 1. The second kappa shape index (κ2) is 4.46. The minimum absolute atomic E-state index is 0.182. The lowest BCUT2D eigenvalue weighted by Gasteiger charge is -2.07. The molecule has 1 heterocycles. The maximum Gasteiger partial charge on any atom is 0.236 e. The fourth-order valence-corrected chi connectivity index (χ4v) is 2.51. The van der Waals surface area contributed by atoms with Crippen molar-refractivity contribution in [2.45, 2.75) is 32.1 Å². The molecule has 0 saturated carbocycles. The highest BCUT2D eigenvalue weighted by molar-refractivity contribution is 7.93. The van der Waals surface area contributed by atoms with Crippen LogP contribution < -0.4 is 10.5 Å². The summed E-state index contributed by atoms with van der Waals surface area (Å²) >= 11 is 1.24. The van der Waals surface area contributed by atoms with Crippen LogP contribution in [0.15, 0.2) is 5.38 Å². The average Bonchev–Trinajstić information content (AvgIpc) is 2.51. The molecular weight excluding hydrogens is 234 g/mol. The molecule has 1 unspecified atom stereocenters. The first-order chi connectivity index (χ1) is 6.83. The third kappa shape index (κ3) is 3.15. The molecule has 0 aromatic carbocycles. The van der Waals surface area contributed by atoms with Gasteiger partial charge in [0.2, 0.25) is 10.0 Å². The Morgan fingerprint density at radius 1 is 1.47 bits per heavy atom. The second-order valence-corrected chi connectivity index (χ2v) is 6.66. The van der Waals surface area contributed by atoms with Gasteiger partial charge in [0, 0.05) is 11.4 Å². The van der Waals surface area contributed by atoms with Crippen molar-refractivity contribution < 1.29 is 8.42 Å². The summed E-state index contributed by atoms with van der Waals surface area (Å²) < 4.78 is 25.4. The Bertz CT molecular complexity index is 423. The van der Waals surface area contributed by atoms with Crippen molar-refractivity contribution in [1.82, 2.24) is 4.98 Å². The van der Waals surface area contributed by atoms with Crippen LogP contribution in [0.5, 0.6) is 0 Å². The Morgan fingerprint density at radius 2 is 2.07 bits per heavy atom. The van der Waals surface area contributed by atoms with E-state index in [1.165, 1.54) is 11.3 Å². The summed E-state index contributed by atoms with van der Waals surface area (Å²) in [6.45, 7) is 5.03. The summed E-state index contributed by atoms with van der Waals surface area (Å²) in [5.41, 5.74) is 6.31. The van der Waals surface area contributed by atoms with Crippen LogP contribution in [0.3, 0.4) is 0 Å². The SMILES string of the molecule is CC(N)c1csc(NS(=O)(=O)C(C)C)n1. The van der Waals surface area contributed by atoms with Gasteiger partial charge in [-0.1, -0.05) is 0 Å². The van der Waals surface area contributed by atoms with Crippen molar-refractivity contribution in [2.75, 3.05) is 4.72 Å². The van der Waals surface area contributed by atoms with Gasteiger partial charge in [-0.3, -0.25) is 4.72 Å². The van der Waals surface area contributed by atoms with E-state index in [2.05, 4.69) is 9.71 Å². The van der Waals surface area contributed by atoms with Crippen LogP contribution in [0.4, 0.5) is 5.13 Å². The Labute approximate surface area is 93.8 Å². The van der Waals surface area contributed by atoms with E-state index < -0.39 is 15.3 Å². The van der Waals surface area contributed by atoms with Crippen LogP contribution in [-0.2, 0) is 10.0 Å². The van der Waals surface area contributed by atoms with E-state index in [4.69, 9.17) is 5.73 Å². The van der Waals surface area contributed by atoms with Gasteiger partial charge in [0.05, 0.1) is 10.9 Å². The summed E-state index contributed by atoms with van der Waals surface area (Å²) in [6.07, 6.45) is 0. The zero-order valence-corrected chi connectivity index (χ0v) is 10.5. The zero-order chi connectivity index (χ0) is 11.6. The molecule has 7 heteroatoms. The predicted molar refractivity (Wildman–Crippen MR) is 62.4 cm³/mol. The van der Waals surface area contributed by atoms with E-state index in [1.54, 1.807) is 26.2 Å². The van der Waals surface area contributed by atoms with Crippen molar-refractivity contribution in [3.63, 3.8) is 0 Å². The van der Waals surface area contributed by atoms with Gasteiger partial charge in [-0.2, -0.15) is 0 Å². The molecule has 0 saturated heterocycles. The molecule has 5 nitrogen and oxygen atoms in total. The molecule has 1 aromatic heterocycles. The maximum atomic E-state index is 11.5. The van der Waals surface area contributed by atoms with Gasteiger partial charge in [-0.15, -0.1) is 11.3 Å². The van der Waals surface area contributed by atoms with Crippen molar-refractivity contribution >= 4 is 26.5 Å². The number of nitrogens with one attached hydrogen (secondary N) is 1. The lowest BCUT2D eigenvalue weighted by Crippen LogP contribution is -2.22. The molecule has 0 bridgehead atoms. The number of hydrogen-bond donors (Lipinski definition) is 2. The van der Waals surface area contributed by atoms with Gasteiger partial charge in [-0.05, 0) is 20.8 Å². The molecular formula is C8H15N3O2S2. The van der Waals surface area contributed by atoms with Crippen LogP contribution >= 0.6 is 11.3 Å². The minimum Gasteiger partial charge on any atom is -0.323 e. The van der Waals surface area contributed by atoms with Gasteiger partial charge >= 0.3 is 0 Å². The monoisotopic (exact) mass is 249 g/mol. The van der Waals surface area contributed by atoms with Crippen molar-refractivity contribution in [3.05, 3.63) is 11.1 Å². The highest BCUT2D eigenvalue weighted by Gasteiger charge is 2.17. The quantitative estimate of drug-likeness (QED) is 0.842. The van der Waals surface area contributed by atoms with Crippen molar-refractivity contribution in [1.29, 1.82) is 0 Å². The Hall–Kier alpha value is -0.660. The molecule has 1 rings (SSSR count). The van der Waals surface area contributed by atoms with E-state index in [-0.39, 0.29) is 6.04 Å². The molecule has 0 spiro atoms. The van der Waals surface area contributed by atoms with E-state index in [9.17, 15) is 8.42 Å². The van der Waals surface area contributed by atoms with Gasteiger partial charge in [0.25, 0.3) is 0 Å². The molecule has 0 aliphatic heterocycles. The second-order valence-electron chi connectivity index (χ2n) is 3.56. The minimum atomic E-state index is -3.31. The Kier molecular flexibility index (Phi) is 3.69. The smallest absolute Gasteiger partial charge is 0.236 e. The molecule has 15 heavy (non-hydrogen) atoms. The van der Waals surface area contributed by atoms with Gasteiger partial charge in [-0.25, -0.2) is 13.4 Å². The standard InChI is InChI=1S/C8H15N3O2S2/c1-5(2)15(12,13)11-8-10-7(4-14-8)6(3)9/h4-6H,9H2,1-3H3,(H,10,11). The number of sulfonamides is 1. The summed E-state index contributed by atoms with van der Waals surface area (Å²) in [5, 5.41) is 1.65. The number of nitrogens with two attached hydrogens (primary N) is 1. The lowest BCUT2D eigenvalue weighted by molar-refractivity contribution is 0.592. The van der Waals surface area contributed by atoms with E-state index in [1.807, 2.05) is 0 Å². The lowest BCUT2D eigenvalue weighted by atomic mass is 10.3. The van der Waals surface area contributed by atoms with E-state index in [0.29, 0.717) is 10.8 Å². The van der Waals surface area contributed by atoms with E-state index >= 15 is 0 Å².